The van der Waals surface area contributed by atoms with E-state index in [2.05, 4.69) is 16.8 Å². The summed E-state index contributed by atoms with van der Waals surface area (Å²) in [4.78, 5) is 27.5. The highest BCUT2D eigenvalue weighted by Gasteiger charge is 2.26. The van der Waals surface area contributed by atoms with Gasteiger partial charge < -0.3 is 14.8 Å². The Balaban J connectivity index is 1.79. The van der Waals surface area contributed by atoms with Crippen LogP contribution in [0.2, 0.25) is 0 Å². The minimum absolute atomic E-state index is 0.153. The molecule has 0 radical (unpaired) electrons. The Kier molecular flexibility index (Phi) is 6.27. The van der Waals surface area contributed by atoms with Gasteiger partial charge in [-0.05, 0) is 36.2 Å². The van der Waals surface area contributed by atoms with E-state index in [-0.39, 0.29) is 11.8 Å². The van der Waals surface area contributed by atoms with Crippen LogP contribution in [0.25, 0.3) is 0 Å². The fourth-order valence-electron chi connectivity index (χ4n) is 3.09. The molecule has 28 heavy (non-hydrogen) atoms. The zero-order valence-corrected chi connectivity index (χ0v) is 16.2. The Labute approximate surface area is 165 Å². The maximum atomic E-state index is 13.2. The van der Waals surface area contributed by atoms with Crippen molar-refractivity contribution in [3.63, 3.8) is 0 Å². The highest BCUT2D eigenvalue weighted by Crippen LogP contribution is 2.18. The second-order valence-corrected chi connectivity index (χ2v) is 6.73. The van der Waals surface area contributed by atoms with E-state index in [9.17, 15) is 9.59 Å². The quantitative estimate of drug-likeness (QED) is 0.685. The van der Waals surface area contributed by atoms with Crippen LogP contribution in [-0.4, -0.2) is 28.3 Å². The maximum absolute atomic E-state index is 13.2. The Morgan fingerprint density at radius 2 is 1.64 bits per heavy atom. The second kappa shape index (κ2) is 9.04. The smallest absolute Gasteiger partial charge is 0.252 e. The summed E-state index contributed by atoms with van der Waals surface area (Å²) in [6.07, 6.45) is 4.03. The van der Waals surface area contributed by atoms with Gasteiger partial charge in [0.1, 0.15) is 6.04 Å². The van der Waals surface area contributed by atoms with E-state index in [0.29, 0.717) is 12.1 Å². The zero-order valence-electron chi connectivity index (χ0n) is 16.2. The highest BCUT2D eigenvalue weighted by molar-refractivity contribution is 5.97. The van der Waals surface area contributed by atoms with E-state index in [4.69, 9.17) is 0 Å². The molecule has 3 aromatic rings. The van der Waals surface area contributed by atoms with Gasteiger partial charge in [-0.1, -0.05) is 48.5 Å². The number of carbonyl (C=O) groups excluding carboxylic acids is 2. The molecule has 0 aliphatic carbocycles. The minimum Gasteiger partial charge on any atom is -0.354 e. The van der Waals surface area contributed by atoms with E-state index in [0.717, 1.165) is 17.7 Å². The number of aromatic nitrogens is 1. The molecule has 0 aliphatic rings. The summed E-state index contributed by atoms with van der Waals surface area (Å²) in [5.74, 6) is -0.423. The first-order valence-corrected chi connectivity index (χ1v) is 9.39. The molecule has 0 fully saturated rings. The summed E-state index contributed by atoms with van der Waals surface area (Å²) in [5.41, 5.74) is 2.34. The zero-order chi connectivity index (χ0) is 19.9. The van der Waals surface area contributed by atoms with Crippen molar-refractivity contribution >= 4 is 11.8 Å². The average Bonchev–Trinajstić information content (AvgIpc) is 3.20. The lowest BCUT2D eigenvalue weighted by molar-refractivity contribution is -0.132. The van der Waals surface area contributed by atoms with Gasteiger partial charge in [-0.3, -0.25) is 9.59 Å². The molecule has 1 atom stereocenters. The van der Waals surface area contributed by atoms with Crippen LogP contribution in [0, 0.1) is 0 Å². The molecule has 1 aromatic heterocycles. The predicted octanol–water partition coefficient (Wildman–Crippen LogP) is 3.64. The number of rotatable bonds is 7. The number of hydrogen-bond donors (Lipinski definition) is 1. The fourth-order valence-corrected chi connectivity index (χ4v) is 3.09. The van der Waals surface area contributed by atoms with Gasteiger partial charge in [0.05, 0.1) is 0 Å². The number of aryl methyl sites for hydroxylation is 1. The van der Waals surface area contributed by atoms with Crippen LogP contribution >= 0.6 is 0 Å². The molecule has 2 aromatic carbocycles. The number of nitrogens with one attached hydrogen (secondary N) is 1. The molecule has 0 spiro atoms. The van der Waals surface area contributed by atoms with Gasteiger partial charge in [0.15, 0.2) is 0 Å². The molecule has 1 heterocycles. The van der Waals surface area contributed by atoms with Crippen molar-refractivity contribution in [2.75, 3.05) is 7.05 Å². The number of hydrogen-bond acceptors (Lipinski definition) is 2. The van der Waals surface area contributed by atoms with Crippen LogP contribution in [0.4, 0.5) is 0 Å². The van der Waals surface area contributed by atoms with Crippen molar-refractivity contribution in [3.8, 4) is 0 Å². The molecule has 144 valence electrons. The minimum atomic E-state index is -0.743. The molecule has 0 aliphatic heterocycles. The third-order valence-electron chi connectivity index (χ3n) is 4.66. The lowest BCUT2D eigenvalue weighted by atomic mass is 10.0. The average molecular weight is 375 g/mol. The molecule has 0 saturated carbocycles. The van der Waals surface area contributed by atoms with Crippen LogP contribution in [0.15, 0.2) is 79.1 Å². The standard InChI is InChI=1S/C23H25N3O2/c1-3-26-15-14-18(17-26)16-25(2)23(28)21(19-10-6-4-7-11-19)24-22(27)20-12-8-5-9-13-20/h4-15,17,21H,3,16H2,1-2H3,(H,24,27)/t21-/m1/s1. The van der Waals surface area contributed by atoms with Crippen LogP contribution in [-0.2, 0) is 17.9 Å². The van der Waals surface area contributed by atoms with Crippen LogP contribution in [0.1, 0.15) is 34.5 Å². The lowest BCUT2D eigenvalue weighted by Gasteiger charge is -2.25. The van der Waals surface area contributed by atoms with Crippen molar-refractivity contribution in [1.29, 1.82) is 0 Å². The molecule has 2 amide bonds. The van der Waals surface area contributed by atoms with Gasteiger partial charge in [-0.2, -0.15) is 0 Å². The monoisotopic (exact) mass is 375 g/mol. The Morgan fingerprint density at radius 1 is 1.00 bits per heavy atom. The molecule has 0 saturated heterocycles. The summed E-state index contributed by atoms with van der Waals surface area (Å²) in [5, 5.41) is 2.90. The van der Waals surface area contributed by atoms with Gasteiger partial charge >= 0.3 is 0 Å². The molecular formula is C23H25N3O2. The van der Waals surface area contributed by atoms with Crippen LogP contribution in [0.3, 0.4) is 0 Å². The number of carbonyl (C=O) groups is 2. The molecule has 5 nitrogen and oxygen atoms in total. The summed E-state index contributed by atoms with van der Waals surface area (Å²) in [7, 11) is 1.76. The molecule has 0 unspecified atom stereocenters. The first-order valence-electron chi connectivity index (χ1n) is 9.39. The summed E-state index contributed by atoms with van der Waals surface area (Å²) in [6.45, 7) is 3.44. The first kappa shape index (κ1) is 19.4. The van der Waals surface area contributed by atoms with E-state index in [1.54, 1.807) is 36.2 Å². The number of amides is 2. The van der Waals surface area contributed by atoms with Crippen LogP contribution < -0.4 is 5.32 Å². The van der Waals surface area contributed by atoms with Crippen molar-refractivity contribution < 1.29 is 9.59 Å². The third kappa shape index (κ3) is 4.68. The van der Waals surface area contributed by atoms with E-state index < -0.39 is 6.04 Å². The summed E-state index contributed by atoms with van der Waals surface area (Å²) >= 11 is 0. The van der Waals surface area contributed by atoms with Gasteiger partial charge in [-0.25, -0.2) is 0 Å². The van der Waals surface area contributed by atoms with E-state index >= 15 is 0 Å². The van der Waals surface area contributed by atoms with Crippen molar-refractivity contribution in [3.05, 3.63) is 95.8 Å². The third-order valence-corrected chi connectivity index (χ3v) is 4.66. The number of likely N-dealkylation sites (N-methyl/N-ethyl adjacent to an activating group) is 1. The van der Waals surface area contributed by atoms with Gasteiger partial charge in [0.25, 0.3) is 5.91 Å². The topological polar surface area (TPSA) is 54.3 Å². The number of benzene rings is 2. The van der Waals surface area contributed by atoms with Crippen molar-refractivity contribution in [2.45, 2.75) is 26.1 Å². The maximum Gasteiger partial charge on any atom is 0.252 e. The SMILES string of the molecule is CCn1ccc(CN(C)C(=O)[C@H](NC(=O)c2ccccc2)c2ccccc2)c1. The van der Waals surface area contributed by atoms with E-state index in [1.807, 2.05) is 54.9 Å². The Morgan fingerprint density at radius 3 is 2.25 bits per heavy atom. The van der Waals surface area contributed by atoms with Gasteiger partial charge in [0.2, 0.25) is 5.91 Å². The Bertz CT molecular complexity index is 919. The van der Waals surface area contributed by atoms with Crippen molar-refractivity contribution in [1.82, 2.24) is 14.8 Å². The summed E-state index contributed by atoms with van der Waals surface area (Å²) in [6, 6.07) is 19.5. The lowest BCUT2D eigenvalue weighted by Crippen LogP contribution is -2.41. The first-order chi connectivity index (χ1) is 13.6. The van der Waals surface area contributed by atoms with Gasteiger partial charge in [0, 0.05) is 38.1 Å². The second-order valence-electron chi connectivity index (χ2n) is 6.73. The normalized spacial score (nSPS) is 11.6. The highest BCUT2D eigenvalue weighted by atomic mass is 16.2. The van der Waals surface area contributed by atoms with Crippen LogP contribution in [0.5, 0.6) is 0 Å². The summed E-state index contributed by atoms with van der Waals surface area (Å²) < 4.78 is 2.07. The van der Waals surface area contributed by atoms with E-state index in [1.165, 1.54) is 0 Å². The van der Waals surface area contributed by atoms with Crippen molar-refractivity contribution in [2.24, 2.45) is 0 Å². The number of nitrogens with zero attached hydrogens (tertiary/aromatic N) is 2. The largest absolute Gasteiger partial charge is 0.354 e. The molecule has 1 N–H and O–H groups in total. The molecule has 0 bridgehead atoms. The fraction of sp³-hybridized carbons (Fsp3) is 0.217. The molecule has 5 heteroatoms. The molecular weight excluding hydrogens is 350 g/mol. The van der Waals surface area contributed by atoms with Gasteiger partial charge in [-0.15, -0.1) is 0 Å². The Hall–Kier alpha value is -3.34. The molecule has 3 rings (SSSR count). The predicted molar refractivity (Wildman–Crippen MR) is 110 cm³/mol.